The Morgan fingerprint density at radius 1 is 0.907 bits per heavy atom. The van der Waals surface area contributed by atoms with Crippen LogP contribution in [0.4, 0.5) is 21.5 Å². The molecule has 0 aromatic heterocycles. The summed E-state index contributed by atoms with van der Waals surface area (Å²) in [6.07, 6.45) is 1.42. The summed E-state index contributed by atoms with van der Waals surface area (Å²) in [5.41, 5.74) is 1.42. The Hall–Kier alpha value is -5.00. The van der Waals surface area contributed by atoms with E-state index in [0.29, 0.717) is 22.5 Å². The third-order valence-corrected chi connectivity index (χ3v) is 7.33. The molecule has 1 unspecified atom stereocenters. The summed E-state index contributed by atoms with van der Waals surface area (Å²) >= 11 is 7.05. The van der Waals surface area contributed by atoms with Gasteiger partial charge in [0.15, 0.2) is 0 Å². The zero-order chi connectivity index (χ0) is 30.9. The highest BCUT2D eigenvalue weighted by Gasteiger charge is 2.17. The van der Waals surface area contributed by atoms with Gasteiger partial charge in [-0.05, 0) is 85.3 Å². The molecular weight excluding hydrogens is 595 g/mol. The number of rotatable bonds is 10. The van der Waals surface area contributed by atoms with Crippen LogP contribution in [0.2, 0.25) is 5.02 Å². The molecular formula is C31H24ClFN4O5S. The quantitative estimate of drug-likeness (QED) is 0.0766. The molecule has 12 heteroatoms. The van der Waals surface area contributed by atoms with Crippen LogP contribution in [0.25, 0.3) is 6.08 Å². The second-order valence-corrected chi connectivity index (χ2v) is 10.9. The van der Waals surface area contributed by atoms with Gasteiger partial charge in [0.25, 0.3) is 17.5 Å². The summed E-state index contributed by atoms with van der Waals surface area (Å²) in [7, 11) is 0. The minimum Gasteiger partial charge on any atom is -0.325 e. The molecule has 0 bridgehead atoms. The first-order valence-corrected chi connectivity index (χ1v) is 14.0. The molecule has 218 valence electrons. The molecule has 9 nitrogen and oxygen atoms in total. The number of nitro benzene ring substituents is 1. The van der Waals surface area contributed by atoms with E-state index in [0.717, 1.165) is 4.90 Å². The monoisotopic (exact) mass is 618 g/mol. The summed E-state index contributed by atoms with van der Waals surface area (Å²) in [5.74, 6) is -2.01. The molecule has 0 fully saturated rings. The van der Waals surface area contributed by atoms with Gasteiger partial charge in [0.2, 0.25) is 5.91 Å². The highest BCUT2D eigenvalue weighted by molar-refractivity contribution is 8.00. The Kier molecular flexibility index (Phi) is 10.3. The van der Waals surface area contributed by atoms with Crippen molar-refractivity contribution in [2.24, 2.45) is 0 Å². The van der Waals surface area contributed by atoms with Gasteiger partial charge in [0.1, 0.15) is 11.5 Å². The van der Waals surface area contributed by atoms with E-state index in [9.17, 15) is 28.9 Å². The molecule has 1 atom stereocenters. The third kappa shape index (κ3) is 8.74. The van der Waals surface area contributed by atoms with Crippen LogP contribution in [0.5, 0.6) is 0 Å². The first kappa shape index (κ1) is 30.9. The second-order valence-electron chi connectivity index (χ2n) is 9.08. The van der Waals surface area contributed by atoms with E-state index in [1.54, 1.807) is 61.5 Å². The molecule has 4 aromatic rings. The third-order valence-electron chi connectivity index (χ3n) is 5.93. The molecule has 0 aliphatic carbocycles. The normalized spacial score (nSPS) is 11.7. The number of hydrogen-bond donors (Lipinski definition) is 3. The summed E-state index contributed by atoms with van der Waals surface area (Å²) in [6, 6.07) is 24.5. The smallest absolute Gasteiger partial charge is 0.272 e. The van der Waals surface area contributed by atoms with Gasteiger partial charge >= 0.3 is 0 Å². The summed E-state index contributed by atoms with van der Waals surface area (Å²) in [5, 5.41) is 18.4. The molecule has 0 saturated carbocycles. The molecule has 0 aliphatic heterocycles. The van der Waals surface area contributed by atoms with Crippen molar-refractivity contribution >= 4 is 64.2 Å². The number of halogens is 2. The van der Waals surface area contributed by atoms with Crippen LogP contribution in [0.15, 0.2) is 108 Å². The minimum atomic E-state index is -0.617. The standard InChI is InChI=1S/C31H24ClFN4O5S/c1-19(29(38)35-23-11-16-27(33)26(32)18-23)43-25-14-9-22(10-15-25)34-31(40)28(36-30(39)21-5-3-2-4-6-21)17-20-7-12-24(13-8-20)37(41)42/h2-19H,1H3,(H,34,40)(H,35,38)(H,36,39)/b28-17-. The molecule has 3 N–H and O–H groups in total. The number of carbonyl (C=O) groups is 3. The number of nitrogens with one attached hydrogen (secondary N) is 3. The summed E-state index contributed by atoms with van der Waals surface area (Å²) in [4.78, 5) is 49.9. The lowest BCUT2D eigenvalue weighted by Gasteiger charge is -2.14. The predicted molar refractivity (Wildman–Crippen MR) is 165 cm³/mol. The lowest BCUT2D eigenvalue weighted by Crippen LogP contribution is -2.30. The number of thioether (sulfide) groups is 1. The lowest BCUT2D eigenvalue weighted by molar-refractivity contribution is -0.384. The molecule has 3 amide bonds. The van der Waals surface area contributed by atoms with Gasteiger partial charge in [-0.3, -0.25) is 24.5 Å². The Labute approximate surface area is 255 Å². The first-order chi connectivity index (χ1) is 20.6. The Bertz CT molecular complexity index is 1680. The minimum absolute atomic E-state index is 0.0765. The van der Waals surface area contributed by atoms with Crippen LogP contribution >= 0.6 is 23.4 Å². The Balaban J connectivity index is 1.44. The van der Waals surface area contributed by atoms with E-state index in [-0.39, 0.29) is 22.3 Å². The van der Waals surface area contributed by atoms with E-state index in [1.807, 2.05) is 0 Å². The topological polar surface area (TPSA) is 130 Å². The van der Waals surface area contributed by atoms with Gasteiger partial charge in [-0.1, -0.05) is 29.8 Å². The lowest BCUT2D eigenvalue weighted by atomic mass is 10.1. The van der Waals surface area contributed by atoms with Gasteiger partial charge in [0.05, 0.1) is 15.2 Å². The van der Waals surface area contributed by atoms with E-state index < -0.39 is 27.8 Å². The van der Waals surface area contributed by atoms with E-state index in [4.69, 9.17) is 11.6 Å². The van der Waals surface area contributed by atoms with E-state index in [1.165, 1.54) is 60.3 Å². The summed E-state index contributed by atoms with van der Waals surface area (Å²) < 4.78 is 13.4. The Morgan fingerprint density at radius 3 is 2.19 bits per heavy atom. The van der Waals surface area contributed by atoms with Crippen LogP contribution in [0, 0.1) is 15.9 Å². The number of anilines is 2. The second kappa shape index (κ2) is 14.3. The number of nitrogens with zero attached hydrogens (tertiary/aromatic N) is 1. The average Bonchev–Trinajstić information content (AvgIpc) is 3.00. The zero-order valence-electron chi connectivity index (χ0n) is 22.5. The van der Waals surface area contributed by atoms with Crippen molar-refractivity contribution in [2.45, 2.75) is 17.1 Å². The van der Waals surface area contributed by atoms with E-state index >= 15 is 0 Å². The molecule has 0 saturated heterocycles. The van der Waals surface area contributed by atoms with Crippen LogP contribution in [0.1, 0.15) is 22.8 Å². The molecule has 0 heterocycles. The van der Waals surface area contributed by atoms with Crippen LogP contribution in [-0.2, 0) is 9.59 Å². The molecule has 0 radical (unpaired) electrons. The Morgan fingerprint density at radius 2 is 1.56 bits per heavy atom. The zero-order valence-corrected chi connectivity index (χ0v) is 24.1. The fourth-order valence-electron chi connectivity index (χ4n) is 3.69. The van der Waals surface area contributed by atoms with Crippen molar-refractivity contribution < 1.29 is 23.7 Å². The fourth-order valence-corrected chi connectivity index (χ4v) is 4.74. The maximum absolute atomic E-state index is 13.4. The molecule has 0 aliphatic rings. The van der Waals surface area contributed by atoms with Crippen molar-refractivity contribution in [3.63, 3.8) is 0 Å². The maximum atomic E-state index is 13.4. The van der Waals surface area contributed by atoms with Gasteiger partial charge in [-0.25, -0.2) is 4.39 Å². The van der Waals surface area contributed by atoms with Gasteiger partial charge in [-0.2, -0.15) is 0 Å². The fraction of sp³-hybridized carbons (Fsp3) is 0.0645. The maximum Gasteiger partial charge on any atom is 0.272 e. The van der Waals surface area contributed by atoms with Crippen molar-refractivity contribution in [3.8, 4) is 0 Å². The largest absolute Gasteiger partial charge is 0.325 e. The number of carbonyl (C=O) groups excluding carboxylic acids is 3. The molecule has 4 rings (SSSR count). The van der Waals surface area contributed by atoms with Crippen molar-refractivity contribution in [2.75, 3.05) is 10.6 Å². The molecule has 43 heavy (non-hydrogen) atoms. The van der Waals surface area contributed by atoms with Crippen molar-refractivity contribution in [3.05, 3.63) is 135 Å². The van der Waals surface area contributed by atoms with Gasteiger partial charge in [-0.15, -0.1) is 11.8 Å². The molecule has 4 aromatic carbocycles. The van der Waals surface area contributed by atoms with Crippen molar-refractivity contribution in [1.29, 1.82) is 0 Å². The number of amides is 3. The van der Waals surface area contributed by atoms with Crippen LogP contribution in [-0.4, -0.2) is 27.9 Å². The highest BCUT2D eigenvalue weighted by Crippen LogP contribution is 2.27. The first-order valence-electron chi connectivity index (χ1n) is 12.8. The highest BCUT2D eigenvalue weighted by atomic mass is 35.5. The number of hydrogen-bond acceptors (Lipinski definition) is 6. The summed E-state index contributed by atoms with van der Waals surface area (Å²) in [6.45, 7) is 1.71. The number of benzene rings is 4. The van der Waals surface area contributed by atoms with Crippen molar-refractivity contribution in [1.82, 2.24) is 5.32 Å². The number of nitro groups is 1. The molecule has 0 spiro atoms. The van der Waals surface area contributed by atoms with Gasteiger partial charge < -0.3 is 16.0 Å². The van der Waals surface area contributed by atoms with Gasteiger partial charge in [0, 0.05) is 34.0 Å². The van der Waals surface area contributed by atoms with Crippen LogP contribution in [0.3, 0.4) is 0 Å². The SMILES string of the molecule is CC(Sc1ccc(NC(=O)/C(=C/c2ccc([N+](=O)[O-])cc2)NC(=O)c2ccccc2)cc1)C(=O)Nc1ccc(F)c(Cl)c1. The van der Waals surface area contributed by atoms with Crippen LogP contribution < -0.4 is 16.0 Å². The average molecular weight is 619 g/mol. The predicted octanol–water partition coefficient (Wildman–Crippen LogP) is 6.92. The number of non-ortho nitro benzene ring substituents is 1. The van der Waals surface area contributed by atoms with E-state index in [2.05, 4.69) is 16.0 Å².